The molecule has 0 amide bonds. The molecule has 2 nitrogen and oxygen atoms in total. The second-order valence-electron chi connectivity index (χ2n) is 4.56. The largest absolute Gasteiger partial charge is 0.496 e. The molecule has 1 heterocycles. The number of hydrogen-bond donors (Lipinski definition) is 0. The number of ether oxygens (including phenoxy) is 2. The van der Waals surface area contributed by atoms with Gasteiger partial charge in [-0.25, -0.2) is 0 Å². The second kappa shape index (κ2) is 6.14. The fourth-order valence-electron chi connectivity index (χ4n) is 2.57. The molecule has 100 valence electrons. The van der Waals surface area contributed by atoms with Crippen LogP contribution < -0.4 is 4.74 Å². The molecule has 0 aromatic heterocycles. The predicted molar refractivity (Wildman–Crippen MR) is 74.7 cm³/mol. The predicted octanol–water partition coefficient (Wildman–Crippen LogP) is 4.44. The van der Waals surface area contributed by atoms with Crippen LogP contribution in [0.4, 0.5) is 0 Å². The van der Waals surface area contributed by atoms with E-state index in [1.54, 1.807) is 7.11 Å². The third-order valence-electron chi connectivity index (χ3n) is 3.53. The molecule has 1 aliphatic heterocycles. The van der Waals surface area contributed by atoms with Gasteiger partial charge in [0.2, 0.25) is 0 Å². The molecular formula is C14H18Cl2O2. The van der Waals surface area contributed by atoms with Gasteiger partial charge in [0, 0.05) is 23.1 Å². The fourth-order valence-corrected chi connectivity index (χ4v) is 3.21. The van der Waals surface area contributed by atoms with Crippen LogP contribution in [0.5, 0.6) is 5.75 Å². The lowest BCUT2D eigenvalue weighted by molar-refractivity contribution is 0.0863. The summed E-state index contributed by atoms with van der Waals surface area (Å²) in [5, 5.41) is 0.564. The molecular weight excluding hydrogens is 271 g/mol. The molecule has 0 radical (unpaired) electrons. The number of alkyl halides is 1. The van der Waals surface area contributed by atoms with Crippen LogP contribution in [0, 0.1) is 5.92 Å². The number of benzene rings is 1. The summed E-state index contributed by atoms with van der Waals surface area (Å²) in [6.07, 6.45) is 2.20. The minimum Gasteiger partial charge on any atom is -0.496 e. The van der Waals surface area contributed by atoms with Crippen molar-refractivity contribution in [2.24, 2.45) is 5.92 Å². The van der Waals surface area contributed by atoms with Crippen LogP contribution in [-0.4, -0.2) is 19.8 Å². The van der Waals surface area contributed by atoms with E-state index in [0.717, 1.165) is 30.8 Å². The van der Waals surface area contributed by atoms with Crippen molar-refractivity contribution in [2.75, 3.05) is 13.7 Å². The summed E-state index contributed by atoms with van der Waals surface area (Å²) in [7, 11) is 1.65. The maximum absolute atomic E-state index is 6.62. The number of methoxy groups -OCH3 is 1. The first-order valence-electron chi connectivity index (χ1n) is 6.26. The monoisotopic (exact) mass is 288 g/mol. The molecule has 1 aliphatic rings. The highest BCUT2D eigenvalue weighted by atomic mass is 35.5. The highest BCUT2D eigenvalue weighted by Gasteiger charge is 2.34. The Morgan fingerprint density at radius 1 is 1.50 bits per heavy atom. The Morgan fingerprint density at radius 3 is 2.94 bits per heavy atom. The van der Waals surface area contributed by atoms with Crippen molar-refractivity contribution in [3.8, 4) is 5.75 Å². The van der Waals surface area contributed by atoms with Gasteiger partial charge >= 0.3 is 0 Å². The van der Waals surface area contributed by atoms with Gasteiger partial charge < -0.3 is 9.47 Å². The van der Waals surface area contributed by atoms with Crippen molar-refractivity contribution < 1.29 is 9.47 Å². The Hall–Kier alpha value is -0.440. The van der Waals surface area contributed by atoms with E-state index in [4.69, 9.17) is 32.7 Å². The van der Waals surface area contributed by atoms with Gasteiger partial charge in [-0.2, -0.15) is 0 Å². The highest BCUT2D eigenvalue weighted by Crippen LogP contribution is 2.43. The lowest BCUT2D eigenvalue weighted by Gasteiger charge is -2.24. The van der Waals surface area contributed by atoms with Crippen LogP contribution in [-0.2, 0) is 4.74 Å². The third kappa shape index (κ3) is 2.76. The molecule has 1 aromatic rings. The van der Waals surface area contributed by atoms with Crippen LogP contribution in [0.1, 0.15) is 30.7 Å². The minimum atomic E-state index is -0.119. The summed E-state index contributed by atoms with van der Waals surface area (Å²) in [5.74, 6) is 1.12. The maximum Gasteiger partial charge on any atom is 0.123 e. The molecule has 0 N–H and O–H groups in total. The number of hydrogen-bond acceptors (Lipinski definition) is 2. The number of halogens is 2. The highest BCUT2D eigenvalue weighted by molar-refractivity contribution is 6.31. The SMILES string of the molecule is CCC1OCCC1C(Cl)c1cc(Cl)ccc1OC. The van der Waals surface area contributed by atoms with Gasteiger partial charge in [0.1, 0.15) is 5.75 Å². The fraction of sp³-hybridized carbons (Fsp3) is 0.571. The van der Waals surface area contributed by atoms with Crippen LogP contribution in [0.3, 0.4) is 0 Å². The van der Waals surface area contributed by atoms with E-state index < -0.39 is 0 Å². The maximum atomic E-state index is 6.62. The molecule has 4 heteroatoms. The van der Waals surface area contributed by atoms with Gasteiger partial charge in [-0.15, -0.1) is 11.6 Å². The van der Waals surface area contributed by atoms with E-state index in [9.17, 15) is 0 Å². The molecule has 0 bridgehead atoms. The Morgan fingerprint density at radius 2 is 2.28 bits per heavy atom. The van der Waals surface area contributed by atoms with Crippen molar-refractivity contribution in [1.29, 1.82) is 0 Å². The van der Waals surface area contributed by atoms with E-state index in [2.05, 4.69) is 6.92 Å². The third-order valence-corrected chi connectivity index (χ3v) is 4.32. The molecule has 1 saturated heterocycles. The molecule has 2 rings (SSSR count). The Labute approximate surface area is 118 Å². The Balaban J connectivity index is 2.27. The van der Waals surface area contributed by atoms with E-state index >= 15 is 0 Å². The number of rotatable bonds is 4. The normalized spacial score (nSPS) is 25.1. The summed E-state index contributed by atoms with van der Waals surface area (Å²) in [6.45, 7) is 2.91. The second-order valence-corrected chi connectivity index (χ2v) is 5.46. The van der Waals surface area contributed by atoms with Crippen molar-refractivity contribution in [1.82, 2.24) is 0 Å². The van der Waals surface area contributed by atoms with Gasteiger partial charge in [0.15, 0.2) is 0 Å². The standard InChI is InChI=1S/C14H18Cl2O2/c1-3-12-10(6-7-18-12)14(16)11-8-9(15)4-5-13(11)17-2/h4-5,8,10,12,14H,3,6-7H2,1-2H3. The summed E-state index contributed by atoms with van der Waals surface area (Å²) in [6, 6.07) is 5.57. The van der Waals surface area contributed by atoms with Crippen LogP contribution in [0.2, 0.25) is 5.02 Å². The Bertz CT molecular complexity index is 409. The quantitative estimate of drug-likeness (QED) is 0.763. The van der Waals surface area contributed by atoms with E-state index in [1.165, 1.54) is 0 Å². The lowest BCUT2D eigenvalue weighted by atomic mass is 9.91. The van der Waals surface area contributed by atoms with Crippen LogP contribution >= 0.6 is 23.2 Å². The topological polar surface area (TPSA) is 18.5 Å². The van der Waals surface area contributed by atoms with E-state index in [-0.39, 0.29) is 11.5 Å². The minimum absolute atomic E-state index is 0.119. The van der Waals surface area contributed by atoms with Gasteiger partial charge in [-0.05, 0) is 31.0 Å². The van der Waals surface area contributed by atoms with Gasteiger partial charge in [-0.3, -0.25) is 0 Å². The molecule has 3 atom stereocenters. The first-order chi connectivity index (χ1) is 8.67. The summed E-state index contributed by atoms with van der Waals surface area (Å²) in [4.78, 5) is 0. The van der Waals surface area contributed by atoms with Gasteiger partial charge in [0.25, 0.3) is 0 Å². The van der Waals surface area contributed by atoms with Crippen molar-refractivity contribution in [3.63, 3.8) is 0 Å². The van der Waals surface area contributed by atoms with E-state index in [1.807, 2.05) is 18.2 Å². The average molecular weight is 289 g/mol. The molecule has 18 heavy (non-hydrogen) atoms. The summed E-state index contributed by atoms with van der Waals surface area (Å²) < 4.78 is 11.1. The smallest absolute Gasteiger partial charge is 0.123 e. The zero-order chi connectivity index (χ0) is 13.1. The molecule has 1 aromatic carbocycles. The van der Waals surface area contributed by atoms with Crippen molar-refractivity contribution >= 4 is 23.2 Å². The Kier molecular flexibility index (Phi) is 4.77. The molecule has 0 saturated carbocycles. The molecule has 0 aliphatic carbocycles. The van der Waals surface area contributed by atoms with Crippen LogP contribution in [0.15, 0.2) is 18.2 Å². The summed E-state index contributed by atoms with van der Waals surface area (Å²) >= 11 is 12.7. The zero-order valence-corrected chi connectivity index (χ0v) is 12.2. The summed E-state index contributed by atoms with van der Waals surface area (Å²) in [5.41, 5.74) is 0.959. The lowest BCUT2D eigenvalue weighted by Crippen LogP contribution is -2.19. The van der Waals surface area contributed by atoms with Gasteiger partial charge in [0.05, 0.1) is 18.6 Å². The zero-order valence-electron chi connectivity index (χ0n) is 10.7. The van der Waals surface area contributed by atoms with Crippen LogP contribution in [0.25, 0.3) is 0 Å². The van der Waals surface area contributed by atoms with E-state index in [0.29, 0.717) is 10.9 Å². The average Bonchev–Trinajstić information content (AvgIpc) is 2.86. The molecule has 3 unspecified atom stereocenters. The van der Waals surface area contributed by atoms with Gasteiger partial charge in [-0.1, -0.05) is 18.5 Å². The first-order valence-corrected chi connectivity index (χ1v) is 7.08. The molecule has 0 spiro atoms. The first kappa shape index (κ1) is 14.0. The molecule has 1 fully saturated rings. The van der Waals surface area contributed by atoms with Crippen molar-refractivity contribution in [2.45, 2.75) is 31.2 Å². The van der Waals surface area contributed by atoms with Crippen molar-refractivity contribution in [3.05, 3.63) is 28.8 Å².